The van der Waals surface area contributed by atoms with Crippen molar-refractivity contribution in [1.29, 1.82) is 0 Å². The van der Waals surface area contributed by atoms with Gasteiger partial charge in [0.05, 0.1) is 0 Å². The molecule has 0 spiro atoms. The van der Waals surface area contributed by atoms with Gasteiger partial charge in [0.25, 0.3) is 0 Å². The van der Waals surface area contributed by atoms with Crippen molar-refractivity contribution in [2.75, 3.05) is 13.1 Å². The molecule has 1 N–H and O–H groups in total. The molecule has 0 aliphatic rings. The fourth-order valence-electron chi connectivity index (χ4n) is 1.95. The Morgan fingerprint density at radius 2 is 2.00 bits per heavy atom. The third-order valence-electron chi connectivity index (χ3n) is 3.08. The lowest BCUT2D eigenvalue weighted by Gasteiger charge is -2.17. The lowest BCUT2D eigenvalue weighted by Crippen LogP contribution is -2.27. The monoisotopic (exact) mass is 271 g/mol. The van der Waals surface area contributed by atoms with Gasteiger partial charge >= 0.3 is 0 Å². The van der Waals surface area contributed by atoms with Gasteiger partial charge < -0.3 is 5.32 Å². The standard InChI is InChI=1S/C15H23ClFN/c1-4-12(10-18-9-11(2)3)7-13-8-14(17)5-6-15(13)16/h5-6,8,11-12,18H,4,7,9-10H2,1-3H3. The highest BCUT2D eigenvalue weighted by Gasteiger charge is 2.11. The average molecular weight is 272 g/mol. The summed E-state index contributed by atoms with van der Waals surface area (Å²) in [5.74, 6) is 0.947. The molecule has 3 heteroatoms. The van der Waals surface area contributed by atoms with Crippen LogP contribution >= 0.6 is 11.6 Å². The van der Waals surface area contributed by atoms with Gasteiger partial charge in [-0.25, -0.2) is 4.39 Å². The Morgan fingerprint density at radius 1 is 1.28 bits per heavy atom. The van der Waals surface area contributed by atoms with Gasteiger partial charge in [-0.15, -0.1) is 0 Å². The molecule has 0 aromatic heterocycles. The fraction of sp³-hybridized carbons (Fsp3) is 0.600. The van der Waals surface area contributed by atoms with Crippen LogP contribution in [0.5, 0.6) is 0 Å². The van der Waals surface area contributed by atoms with Crippen LogP contribution in [0.1, 0.15) is 32.8 Å². The highest BCUT2D eigenvalue weighted by atomic mass is 35.5. The normalized spacial score (nSPS) is 13.0. The van der Waals surface area contributed by atoms with E-state index in [0.29, 0.717) is 16.9 Å². The fourth-order valence-corrected chi connectivity index (χ4v) is 2.14. The van der Waals surface area contributed by atoms with E-state index in [9.17, 15) is 4.39 Å². The third kappa shape index (κ3) is 5.36. The molecule has 0 bridgehead atoms. The molecule has 0 fully saturated rings. The molecule has 1 aromatic carbocycles. The molecule has 0 amide bonds. The molecular weight excluding hydrogens is 249 g/mol. The summed E-state index contributed by atoms with van der Waals surface area (Å²) in [6.45, 7) is 8.53. The number of rotatable bonds is 7. The zero-order valence-electron chi connectivity index (χ0n) is 11.5. The Bertz CT molecular complexity index is 366. The maximum Gasteiger partial charge on any atom is 0.123 e. The summed E-state index contributed by atoms with van der Waals surface area (Å²) in [7, 11) is 0. The summed E-state index contributed by atoms with van der Waals surface area (Å²) in [5, 5.41) is 4.12. The summed E-state index contributed by atoms with van der Waals surface area (Å²) in [6.07, 6.45) is 1.90. The number of nitrogens with one attached hydrogen (secondary N) is 1. The van der Waals surface area contributed by atoms with E-state index in [1.807, 2.05) is 0 Å². The summed E-state index contributed by atoms with van der Waals surface area (Å²) in [5.41, 5.74) is 0.912. The molecule has 0 saturated carbocycles. The van der Waals surface area contributed by atoms with Crippen LogP contribution in [0.3, 0.4) is 0 Å². The van der Waals surface area contributed by atoms with Crippen LogP contribution in [0.15, 0.2) is 18.2 Å². The van der Waals surface area contributed by atoms with Crippen molar-refractivity contribution < 1.29 is 4.39 Å². The molecule has 102 valence electrons. The van der Waals surface area contributed by atoms with Crippen molar-refractivity contribution in [3.8, 4) is 0 Å². The zero-order chi connectivity index (χ0) is 13.5. The Hall–Kier alpha value is -0.600. The molecule has 1 aromatic rings. The first-order valence-corrected chi connectivity index (χ1v) is 7.05. The molecule has 0 heterocycles. The second-order valence-electron chi connectivity index (χ2n) is 5.27. The van der Waals surface area contributed by atoms with Gasteiger partial charge in [0.1, 0.15) is 5.82 Å². The van der Waals surface area contributed by atoms with E-state index in [4.69, 9.17) is 11.6 Å². The topological polar surface area (TPSA) is 12.0 Å². The molecule has 1 rings (SSSR count). The zero-order valence-corrected chi connectivity index (χ0v) is 12.2. The van der Waals surface area contributed by atoms with Gasteiger partial charge in [-0.3, -0.25) is 0 Å². The summed E-state index contributed by atoms with van der Waals surface area (Å²) < 4.78 is 13.2. The maximum atomic E-state index is 13.2. The lowest BCUT2D eigenvalue weighted by molar-refractivity contribution is 0.437. The molecule has 0 aliphatic carbocycles. The van der Waals surface area contributed by atoms with E-state index in [0.717, 1.165) is 31.5 Å². The summed E-state index contributed by atoms with van der Waals surface area (Å²) in [4.78, 5) is 0. The van der Waals surface area contributed by atoms with Crippen molar-refractivity contribution in [2.45, 2.75) is 33.6 Å². The van der Waals surface area contributed by atoms with Crippen LogP contribution in [0.25, 0.3) is 0 Å². The number of halogens is 2. The van der Waals surface area contributed by atoms with Crippen molar-refractivity contribution in [3.05, 3.63) is 34.6 Å². The Balaban J connectivity index is 2.54. The van der Waals surface area contributed by atoms with Crippen molar-refractivity contribution in [3.63, 3.8) is 0 Å². The smallest absolute Gasteiger partial charge is 0.123 e. The van der Waals surface area contributed by atoms with E-state index >= 15 is 0 Å². The first kappa shape index (κ1) is 15.5. The molecule has 1 nitrogen and oxygen atoms in total. The number of hydrogen-bond acceptors (Lipinski definition) is 1. The third-order valence-corrected chi connectivity index (χ3v) is 3.45. The second kappa shape index (κ2) is 7.75. The van der Waals surface area contributed by atoms with Crippen LogP contribution in [0.2, 0.25) is 5.02 Å². The molecule has 18 heavy (non-hydrogen) atoms. The quantitative estimate of drug-likeness (QED) is 0.780. The van der Waals surface area contributed by atoms with Gasteiger partial charge in [0, 0.05) is 5.02 Å². The molecule has 0 radical (unpaired) electrons. The van der Waals surface area contributed by atoms with Crippen LogP contribution in [-0.2, 0) is 6.42 Å². The predicted molar refractivity (Wildman–Crippen MR) is 76.6 cm³/mol. The van der Waals surface area contributed by atoms with E-state index in [1.54, 1.807) is 12.1 Å². The average Bonchev–Trinajstić information content (AvgIpc) is 2.32. The molecule has 1 atom stereocenters. The van der Waals surface area contributed by atoms with Gasteiger partial charge in [-0.05, 0) is 55.1 Å². The van der Waals surface area contributed by atoms with Gasteiger partial charge in [0.2, 0.25) is 0 Å². The minimum Gasteiger partial charge on any atom is -0.316 e. The van der Waals surface area contributed by atoms with E-state index in [2.05, 4.69) is 26.1 Å². The number of benzene rings is 1. The highest BCUT2D eigenvalue weighted by Crippen LogP contribution is 2.21. The van der Waals surface area contributed by atoms with Crippen LogP contribution < -0.4 is 5.32 Å². The summed E-state index contributed by atoms with van der Waals surface area (Å²) >= 11 is 6.09. The van der Waals surface area contributed by atoms with Gasteiger partial charge in [-0.1, -0.05) is 38.8 Å². The Morgan fingerprint density at radius 3 is 2.61 bits per heavy atom. The minimum absolute atomic E-state index is 0.209. The van der Waals surface area contributed by atoms with Crippen LogP contribution in [-0.4, -0.2) is 13.1 Å². The largest absolute Gasteiger partial charge is 0.316 e. The lowest BCUT2D eigenvalue weighted by atomic mass is 9.96. The van der Waals surface area contributed by atoms with E-state index in [-0.39, 0.29) is 5.82 Å². The van der Waals surface area contributed by atoms with Gasteiger partial charge in [0.15, 0.2) is 0 Å². The predicted octanol–water partition coefficient (Wildman–Crippen LogP) is 4.29. The van der Waals surface area contributed by atoms with Crippen molar-refractivity contribution >= 4 is 11.6 Å². The molecular formula is C15H23ClFN. The van der Waals surface area contributed by atoms with E-state index in [1.165, 1.54) is 6.07 Å². The number of hydrogen-bond donors (Lipinski definition) is 1. The second-order valence-corrected chi connectivity index (χ2v) is 5.67. The Labute approximate surface area is 115 Å². The first-order chi connectivity index (χ1) is 8.52. The SMILES string of the molecule is CCC(CNCC(C)C)Cc1cc(F)ccc1Cl. The Kier molecular flexibility index (Phi) is 6.66. The summed E-state index contributed by atoms with van der Waals surface area (Å²) in [6, 6.07) is 4.59. The van der Waals surface area contributed by atoms with E-state index < -0.39 is 0 Å². The highest BCUT2D eigenvalue weighted by molar-refractivity contribution is 6.31. The maximum absolute atomic E-state index is 13.2. The minimum atomic E-state index is -0.209. The van der Waals surface area contributed by atoms with Crippen LogP contribution in [0.4, 0.5) is 4.39 Å². The van der Waals surface area contributed by atoms with Crippen molar-refractivity contribution in [2.24, 2.45) is 11.8 Å². The molecule has 0 aliphatic heterocycles. The van der Waals surface area contributed by atoms with Crippen molar-refractivity contribution in [1.82, 2.24) is 5.32 Å². The van der Waals surface area contributed by atoms with Crippen LogP contribution in [0, 0.1) is 17.7 Å². The molecule has 1 unspecified atom stereocenters. The first-order valence-electron chi connectivity index (χ1n) is 6.67. The molecule has 0 saturated heterocycles. The van der Waals surface area contributed by atoms with Gasteiger partial charge in [-0.2, -0.15) is 0 Å².